The summed E-state index contributed by atoms with van der Waals surface area (Å²) in [6.45, 7) is 0.600. The lowest BCUT2D eigenvalue weighted by Crippen LogP contribution is -1.96. The maximum atomic E-state index is 8.85. The van der Waals surface area contributed by atoms with Gasteiger partial charge in [0.2, 0.25) is 0 Å². The van der Waals surface area contributed by atoms with E-state index in [1.807, 2.05) is 36.4 Å². The van der Waals surface area contributed by atoms with Crippen molar-refractivity contribution in [1.82, 2.24) is 0 Å². The Kier molecular flexibility index (Phi) is 4.80. The summed E-state index contributed by atoms with van der Waals surface area (Å²) in [4.78, 5) is 0. The van der Waals surface area contributed by atoms with Crippen LogP contribution in [0.3, 0.4) is 0 Å². The maximum Gasteiger partial charge on any atom is 0.146 e. The average Bonchev–Trinajstić information content (AvgIpc) is 2.43. The van der Waals surface area contributed by atoms with Gasteiger partial charge >= 0.3 is 0 Å². The molecule has 0 saturated heterocycles. The van der Waals surface area contributed by atoms with Crippen LogP contribution >= 0.6 is 11.6 Å². The summed E-state index contributed by atoms with van der Waals surface area (Å²) in [6, 6.07) is 13.1. The fraction of sp³-hybridized carbons (Fsp3) is 0.200. The molecule has 0 heterocycles. The Morgan fingerprint density at radius 2 is 1.74 bits per heavy atom. The summed E-state index contributed by atoms with van der Waals surface area (Å²) in [5.74, 6) is 1.32. The van der Waals surface area contributed by atoms with Crippen molar-refractivity contribution in [2.45, 2.75) is 13.0 Å². The fourth-order valence-corrected chi connectivity index (χ4v) is 1.98. The van der Waals surface area contributed by atoms with Crippen LogP contribution in [0.25, 0.3) is 0 Å². The molecule has 0 aromatic heterocycles. The number of aliphatic hydroxyl groups excluding tert-OH is 1. The molecule has 0 aliphatic heterocycles. The van der Waals surface area contributed by atoms with Gasteiger partial charge < -0.3 is 15.6 Å². The van der Waals surface area contributed by atoms with Gasteiger partial charge in [-0.25, -0.2) is 0 Å². The molecule has 0 unspecified atom stereocenters. The third-order valence-electron chi connectivity index (χ3n) is 2.78. The second-order valence-corrected chi connectivity index (χ2v) is 4.60. The lowest BCUT2D eigenvalue weighted by molar-refractivity contribution is 0.299. The molecule has 0 atom stereocenters. The second-order valence-electron chi connectivity index (χ2n) is 4.19. The van der Waals surface area contributed by atoms with E-state index in [4.69, 9.17) is 27.2 Å². The molecular formula is C15H16ClNO2. The molecule has 0 saturated carbocycles. The molecule has 3 N–H and O–H groups in total. The Labute approximate surface area is 117 Å². The first-order valence-electron chi connectivity index (χ1n) is 6.09. The predicted molar refractivity (Wildman–Crippen MR) is 76.6 cm³/mol. The van der Waals surface area contributed by atoms with Crippen molar-refractivity contribution in [3.63, 3.8) is 0 Å². The molecule has 100 valence electrons. The zero-order valence-corrected chi connectivity index (χ0v) is 11.2. The molecule has 4 heteroatoms. The van der Waals surface area contributed by atoms with Gasteiger partial charge in [-0.05, 0) is 41.8 Å². The molecule has 0 amide bonds. The molecule has 2 rings (SSSR count). The maximum absolute atomic E-state index is 8.85. The standard InChI is InChI=1S/C15H16ClNO2/c16-14-9-12(10-17)3-6-15(14)19-13-4-1-11(2-5-13)7-8-18/h1-6,9,18H,7-8,10,17H2. The molecule has 0 radical (unpaired) electrons. The van der Waals surface area contributed by atoms with E-state index in [0.29, 0.717) is 29.5 Å². The van der Waals surface area contributed by atoms with E-state index in [2.05, 4.69) is 0 Å². The Balaban J connectivity index is 2.12. The van der Waals surface area contributed by atoms with Crippen molar-refractivity contribution >= 4 is 11.6 Å². The number of rotatable bonds is 5. The van der Waals surface area contributed by atoms with Gasteiger partial charge in [0.1, 0.15) is 11.5 Å². The number of benzene rings is 2. The lowest BCUT2D eigenvalue weighted by atomic mass is 10.1. The van der Waals surface area contributed by atoms with Gasteiger partial charge in [0.05, 0.1) is 5.02 Å². The summed E-state index contributed by atoms with van der Waals surface area (Å²) in [6.07, 6.45) is 0.645. The zero-order valence-electron chi connectivity index (χ0n) is 10.5. The molecule has 0 aliphatic carbocycles. The molecule has 3 nitrogen and oxygen atoms in total. The van der Waals surface area contributed by atoms with Gasteiger partial charge in [-0.15, -0.1) is 0 Å². The number of hydrogen-bond donors (Lipinski definition) is 2. The average molecular weight is 278 g/mol. The predicted octanol–water partition coefficient (Wildman–Crippen LogP) is 3.13. The van der Waals surface area contributed by atoms with Gasteiger partial charge in [0.25, 0.3) is 0 Å². The van der Waals surface area contributed by atoms with Gasteiger partial charge in [-0.3, -0.25) is 0 Å². The number of hydrogen-bond acceptors (Lipinski definition) is 3. The van der Waals surface area contributed by atoms with E-state index < -0.39 is 0 Å². The number of halogens is 1. The van der Waals surface area contributed by atoms with Crippen LogP contribution in [0.2, 0.25) is 5.02 Å². The monoisotopic (exact) mass is 277 g/mol. The van der Waals surface area contributed by atoms with Crippen molar-refractivity contribution in [1.29, 1.82) is 0 Å². The Morgan fingerprint density at radius 3 is 2.32 bits per heavy atom. The minimum Gasteiger partial charge on any atom is -0.456 e. The molecule has 0 spiro atoms. The SMILES string of the molecule is NCc1ccc(Oc2ccc(CCO)cc2)c(Cl)c1. The molecule has 2 aromatic carbocycles. The molecule has 19 heavy (non-hydrogen) atoms. The van der Waals surface area contributed by atoms with Crippen LogP contribution in [0.1, 0.15) is 11.1 Å². The lowest BCUT2D eigenvalue weighted by Gasteiger charge is -2.09. The molecular weight excluding hydrogens is 262 g/mol. The van der Waals surface area contributed by atoms with E-state index >= 15 is 0 Å². The normalized spacial score (nSPS) is 10.5. The molecule has 2 aromatic rings. The van der Waals surface area contributed by atoms with Crippen LogP contribution in [-0.4, -0.2) is 11.7 Å². The van der Waals surface area contributed by atoms with Crippen LogP contribution in [0.15, 0.2) is 42.5 Å². The highest BCUT2D eigenvalue weighted by molar-refractivity contribution is 6.32. The highest BCUT2D eigenvalue weighted by Crippen LogP contribution is 2.30. The smallest absolute Gasteiger partial charge is 0.146 e. The highest BCUT2D eigenvalue weighted by Gasteiger charge is 2.04. The third kappa shape index (κ3) is 3.70. The Hall–Kier alpha value is -1.55. The summed E-state index contributed by atoms with van der Waals surface area (Å²) in [5, 5.41) is 9.39. The number of aliphatic hydroxyl groups is 1. The van der Waals surface area contributed by atoms with Crippen LogP contribution in [0, 0.1) is 0 Å². The van der Waals surface area contributed by atoms with Gasteiger partial charge in [-0.2, -0.15) is 0 Å². The Morgan fingerprint density at radius 1 is 1.05 bits per heavy atom. The summed E-state index contributed by atoms with van der Waals surface area (Å²) in [5.41, 5.74) is 7.58. The first-order chi connectivity index (χ1) is 9.22. The fourth-order valence-electron chi connectivity index (χ4n) is 1.73. The highest BCUT2D eigenvalue weighted by atomic mass is 35.5. The third-order valence-corrected chi connectivity index (χ3v) is 3.08. The largest absolute Gasteiger partial charge is 0.456 e. The van der Waals surface area contributed by atoms with E-state index in [0.717, 1.165) is 11.1 Å². The molecule has 0 fully saturated rings. The van der Waals surface area contributed by atoms with E-state index in [1.54, 1.807) is 6.07 Å². The molecule has 0 aliphatic rings. The van der Waals surface area contributed by atoms with Crippen LogP contribution in [0.4, 0.5) is 0 Å². The first-order valence-corrected chi connectivity index (χ1v) is 6.47. The van der Waals surface area contributed by atoms with E-state index in [1.165, 1.54) is 0 Å². The number of ether oxygens (including phenoxy) is 1. The quantitative estimate of drug-likeness (QED) is 0.883. The number of nitrogens with two attached hydrogens (primary N) is 1. The van der Waals surface area contributed by atoms with Crippen LogP contribution < -0.4 is 10.5 Å². The van der Waals surface area contributed by atoms with Crippen molar-refractivity contribution in [2.75, 3.05) is 6.61 Å². The van der Waals surface area contributed by atoms with Crippen molar-refractivity contribution in [2.24, 2.45) is 5.73 Å². The summed E-state index contributed by atoms with van der Waals surface area (Å²) in [7, 11) is 0. The minimum absolute atomic E-state index is 0.145. The van der Waals surface area contributed by atoms with Crippen molar-refractivity contribution < 1.29 is 9.84 Å². The van der Waals surface area contributed by atoms with Crippen molar-refractivity contribution in [3.05, 3.63) is 58.6 Å². The Bertz CT molecular complexity index is 540. The minimum atomic E-state index is 0.145. The van der Waals surface area contributed by atoms with Gasteiger partial charge in [0.15, 0.2) is 0 Å². The molecule has 0 bridgehead atoms. The van der Waals surface area contributed by atoms with Crippen LogP contribution in [-0.2, 0) is 13.0 Å². The zero-order chi connectivity index (χ0) is 13.7. The van der Waals surface area contributed by atoms with Crippen LogP contribution in [0.5, 0.6) is 11.5 Å². The first kappa shape index (κ1) is 13.9. The van der Waals surface area contributed by atoms with Gasteiger partial charge in [0, 0.05) is 13.2 Å². The second kappa shape index (κ2) is 6.57. The van der Waals surface area contributed by atoms with E-state index in [9.17, 15) is 0 Å². The summed E-state index contributed by atoms with van der Waals surface area (Å²) >= 11 is 6.13. The summed E-state index contributed by atoms with van der Waals surface area (Å²) < 4.78 is 5.71. The van der Waals surface area contributed by atoms with Gasteiger partial charge in [-0.1, -0.05) is 29.8 Å². The topological polar surface area (TPSA) is 55.5 Å². The van der Waals surface area contributed by atoms with E-state index in [-0.39, 0.29) is 6.61 Å². The van der Waals surface area contributed by atoms with Crippen molar-refractivity contribution in [3.8, 4) is 11.5 Å².